The average molecular weight is 186 g/mol. The van der Waals surface area contributed by atoms with Gasteiger partial charge in [-0.15, -0.1) is 0 Å². The standard InChI is InChI=1S/C8H14N2O3/c1-5(6-2-9-3-6)8(13)10-4-7(11)12/h5-6,9H,2-4H2,1H3,(H,10,13)(H,11,12). The molecule has 1 rings (SSSR count). The lowest BCUT2D eigenvalue weighted by atomic mass is 9.88. The molecule has 1 saturated heterocycles. The summed E-state index contributed by atoms with van der Waals surface area (Å²) >= 11 is 0. The molecule has 0 aromatic heterocycles. The minimum Gasteiger partial charge on any atom is -0.480 e. The van der Waals surface area contributed by atoms with Crippen molar-refractivity contribution in [3.05, 3.63) is 0 Å². The van der Waals surface area contributed by atoms with Gasteiger partial charge in [0.15, 0.2) is 0 Å². The molecule has 1 heterocycles. The summed E-state index contributed by atoms with van der Waals surface area (Å²) in [6.45, 7) is 3.23. The molecule has 74 valence electrons. The number of carboxylic acid groups (broad SMARTS) is 1. The van der Waals surface area contributed by atoms with Crippen LogP contribution in [0, 0.1) is 11.8 Å². The fourth-order valence-electron chi connectivity index (χ4n) is 1.20. The zero-order chi connectivity index (χ0) is 9.84. The lowest BCUT2D eigenvalue weighted by Gasteiger charge is -2.31. The second-order valence-electron chi connectivity index (χ2n) is 3.32. The number of hydrogen-bond acceptors (Lipinski definition) is 3. The molecule has 5 heteroatoms. The molecule has 1 atom stereocenters. The summed E-state index contributed by atoms with van der Waals surface area (Å²) in [5.74, 6) is -0.921. The third-order valence-corrected chi connectivity index (χ3v) is 2.35. The predicted octanol–water partition coefficient (Wildman–Crippen LogP) is -0.957. The van der Waals surface area contributed by atoms with Gasteiger partial charge < -0.3 is 15.7 Å². The van der Waals surface area contributed by atoms with Gasteiger partial charge in [-0.1, -0.05) is 6.92 Å². The van der Waals surface area contributed by atoms with Crippen molar-refractivity contribution >= 4 is 11.9 Å². The second-order valence-corrected chi connectivity index (χ2v) is 3.32. The van der Waals surface area contributed by atoms with Crippen molar-refractivity contribution in [2.24, 2.45) is 11.8 Å². The van der Waals surface area contributed by atoms with Crippen LogP contribution in [-0.2, 0) is 9.59 Å². The van der Waals surface area contributed by atoms with Crippen molar-refractivity contribution in [3.63, 3.8) is 0 Å². The van der Waals surface area contributed by atoms with Crippen LogP contribution < -0.4 is 10.6 Å². The molecule has 5 nitrogen and oxygen atoms in total. The van der Waals surface area contributed by atoms with Crippen molar-refractivity contribution in [1.82, 2.24) is 10.6 Å². The Hall–Kier alpha value is -1.10. The monoisotopic (exact) mass is 186 g/mol. The highest BCUT2D eigenvalue weighted by atomic mass is 16.4. The van der Waals surface area contributed by atoms with Crippen molar-refractivity contribution in [1.29, 1.82) is 0 Å². The van der Waals surface area contributed by atoms with Gasteiger partial charge in [0.2, 0.25) is 5.91 Å². The molecule has 1 aliphatic heterocycles. The molecule has 1 fully saturated rings. The van der Waals surface area contributed by atoms with Gasteiger partial charge in [-0.25, -0.2) is 0 Å². The Balaban J connectivity index is 2.25. The van der Waals surface area contributed by atoms with Gasteiger partial charge >= 0.3 is 5.97 Å². The zero-order valence-corrected chi connectivity index (χ0v) is 7.54. The Morgan fingerprint density at radius 3 is 2.62 bits per heavy atom. The van der Waals surface area contributed by atoms with Crippen molar-refractivity contribution in [2.75, 3.05) is 19.6 Å². The molecule has 0 radical (unpaired) electrons. The highest BCUT2D eigenvalue weighted by Gasteiger charge is 2.28. The summed E-state index contributed by atoms with van der Waals surface area (Å²) < 4.78 is 0. The molecule has 1 unspecified atom stereocenters. The number of rotatable bonds is 4. The molecule has 0 aromatic carbocycles. The summed E-state index contributed by atoms with van der Waals surface area (Å²) in [4.78, 5) is 21.4. The first-order valence-corrected chi connectivity index (χ1v) is 4.31. The largest absolute Gasteiger partial charge is 0.480 e. The van der Waals surface area contributed by atoms with Crippen LogP contribution in [-0.4, -0.2) is 36.6 Å². The van der Waals surface area contributed by atoms with Crippen LogP contribution in [0.1, 0.15) is 6.92 Å². The fraction of sp³-hybridized carbons (Fsp3) is 0.750. The maximum Gasteiger partial charge on any atom is 0.322 e. The number of nitrogens with one attached hydrogen (secondary N) is 2. The van der Waals surface area contributed by atoms with Gasteiger partial charge in [0.25, 0.3) is 0 Å². The van der Waals surface area contributed by atoms with Crippen molar-refractivity contribution < 1.29 is 14.7 Å². The molecule has 0 spiro atoms. The number of carboxylic acids is 1. The van der Waals surface area contributed by atoms with E-state index in [1.165, 1.54) is 0 Å². The number of hydrogen-bond donors (Lipinski definition) is 3. The first-order valence-electron chi connectivity index (χ1n) is 4.31. The number of carbonyl (C=O) groups excluding carboxylic acids is 1. The smallest absolute Gasteiger partial charge is 0.322 e. The maximum atomic E-state index is 11.3. The first kappa shape index (κ1) is 9.98. The summed E-state index contributed by atoms with van der Waals surface area (Å²) in [6, 6.07) is 0. The minimum absolute atomic E-state index is 0.0967. The highest BCUT2D eigenvalue weighted by Crippen LogP contribution is 2.15. The van der Waals surface area contributed by atoms with E-state index in [1.54, 1.807) is 0 Å². The lowest BCUT2D eigenvalue weighted by Crippen LogP contribution is -2.50. The molecule has 3 N–H and O–H groups in total. The Kier molecular flexibility index (Phi) is 3.25. The van der Waals surface area contributed by atoms with E-state index in [2.05, 4.69) is 10.6 Å². The topological polar surface area (TPSA) is 78.4 Å². The Bertz CT molecular complexity index is 213. The lowest BCUT2D eigenvalue weighted by molar-refractivity contribution is -0.138. The SMILES string of the molecule is CC(C(=O)NCC(=O)O)C1CNC1. The van der Waals surface area contributed by atoms with E-state index in [1.807, 2.05) is 6.92 Å². The van der Waals surface area contributed by atoms with Crippen LogP contribution in [0.15, 0.2) is 0 Å². The van der Waals surface area contributed by atoms with Crippen LogP contribution in [0.2, 0.25) is 0 Å². The summed E-state index contributed by atoms with van der Waals surface area (Å²) in [5.41, 5.74) is 0. The maximum absolute atomic E-state index is 11.3. The van der Waals surface area contributed by atoms with E-state index in [4.69, 9.17) is 5.11 Å². The van der Waals surface area contributed by atoms with E-state index in [0.717, 1.165) is 13.1 Å². The highest BCUT2D eigenvalue weighted by molar-refractivity contribution is 5.82. The normalized spacial score (nSPS) is 18.8. The molecule has 0 aliphatic carbocycles. The fourth-order valence-corrected chi connectivity index (χ4v) is 1.20. The van der Waals surface area contributed by atoms with Crippen LogP contribution in [0.3, 0.4) is 0 Å². The summed E-state index contributed by atoms with van der Waals surface area (Å²) in [5, 5.41) is 13.8. The van der Waals surface area contributed by atoms with Gasteiger partial charge in [-0.05, 0) is 19.0 Å². The van der Waals surface area contributed by atoms with E-state index in [-0.39, 0.29) is 18.4 Å². The third-order valence-electron chi connectivity index (χ3n) is 2.35. The second kappa shape index (κ2) is 4.23. The average Bonchev–Trinajstić information content (AvgIpc) is 1.96. The van der Waals surface area contributed by atoms with Gasteiger partial charge in [-0.2, -0.15) is 0 Å². The molecular formula is C8H14N2O3. The molecule has 0 saturated carbocycles. The zero-order valence-electron chi connectivity index (χ0n) is 7.54. The van der Waals surface area contributed by atoms with E-state index < -0.39 is 5.97 Å². The number of aliphatic carboxylic acids is 1. The van der Waals surface area contributed by atoms with Gasteiger partial charge in [0, 0.05) is 5.92 Å². The molecule has 0 bridgehead atoms. The first-order chi connectivity index (χ1) is 6.11. The Morgan fingerprint density at radius 1 is 1.62 bits per heavy atom. The predicted molar refractivity (Wildman–Crippen MR) is 46.2 cm³/mol. The van der Waals surface area contributed by atoms with Crippen LogP contribution in [0.4, 0.5) is 0 Å². The molecule has 1 aliphatic rings. The molecular weight excluding hydrogens is 172 g/mol. The number of carbonyl (C=O) groups is 2. The molecule has 1 amide bonds. The number of amides is 1. The van der Waals surface area contributed by atoms with Gasteiger partial charge in [0.1, 0.15) is 6.54 Å². The van der Waals surface area contributed by atoms with Gasteiger partial charge in [-0.3, -0.25) is 9.59 Å². The van der Waals surface area contributed by atoms with Crippen LogP contribution >= 0.6 is 0 Å². The van der Waals surface area contributed by atoms with Crippen LogP contribution in [0.25, 0.3) is 0 Å². The summed E-state index contributed by atoms with van der Waals surface area (Å²) in [6.07, 6.45) is 0. The minimum atomic E-state index is -1.01. The van der Waals surface area contributed by atoms with Crippen molar-refractivity contribution in [3.8, 4) is 0 Å². The van der Waals surface area contributed by atoms with Gasteiger partial charge in [0.05, 0.1) is 0 Å². The van der Waals surface area contributed by atoms with Crippen LogP contribution in [0.5, 0.6) is 0 Å². The molecule has 0 aromatic rings. The molecule has 13 heavy (non-hydrogen) atoms. The Morgan fingerprint density at radius 2 is 2.23 bits per heavy atom. The quantitative estimate of drug-likeness (QED) is 0.528. The van der Waals surface area contributed by atoms with E-state index in [0.29, 0.717) is 5.92 Å². The van der Waals surface area contributed by atoms with Crippen molar-refractivity contribution in [2.45, 2.75) is 6.92 Å². The van der Waals surface area contributed by atoms with E-state index in [9.17, 15) is 9.59 Å². The van der Waals surface area contributed by atoms with E-state index >= 15 is 0 Å². The third kappa shape index (κ3) is 2.69. The Labute approximate surface area is 76.5 Å². The summed E-state index contributed by atoms with van der Waals surface area (Å²) in [7, 11) is 0.